The summed E-state index contributed by atoms with van der Waals surface area (Å²) < 4.78 is 22.9. The van der Waals surface area contributed by atoms with Gasteiger partial charge in [-0.3, -0.25) is 9.59 Å². The molecule has 0 heterocycles. The minimum atomic E-state index is -1.49. The first-order valence-corrected chi connectivity index (χ1v) is 11.9. The summed E-state index contributed by atoms with van der Waals surface area (Å²) in [5.41, 5.74) is 0.551. The average molecular weight is 526 g/mol. The summed E-state index contributed by atoms with van der Waals surface area (Å²) in [5.74, 6) is 0.272. The average Bonchev–Trinajstić information content (AvgIpc) is 2.81. The van der Waals surface area contributed by atoms with Crippen molar-refractivity contribution in [2.24, 2.45) is 10.2 Å². The molecule has 0 aliphatic heterocycles. The Morgan fingerprint density at radius 1 is 0.857 bits per heavy atom. The maximum Gasteiger partial charge on any atom is 0.276 e. The predicted molar refractivity (Wildman–Crippen MR) is 135 cm³/mol. The fourth-order valence-corrected chi connectivity index (χ4v) is 3.38. The van der Waals surface area contributed by atoms with Gasteiger partial charge in [0.05, 0.1) is 37.8 Å². The molecule has 0 saturated heterocycles. The number of nitrogens with zero attached hydrogens (tertiary/aromatic N) is 3. The second-order valence-electron chi connectivity index (χ2n) is 7.00. The summed E-state index contributed by atoms with van der Waals surface area (Å²) in [6.45, 7) is 10.0. The Kier molecular flexibility index (Phi) is 11.1. The Morgan fingerprint density at radius 2 is 1.34 bits per heavy atom. The quantitative estimate of drug-likeness (QED) is 0.176. The molecule has 0 bridgehead atoms. The molecule has 0 aliphatic rings. The summed E-state index contributed by atoms with van der Waals surface area (Å²) in [5, 5.41) is 8.34. The van der Waals surface area contributed by atoms with Gasteiger partial charge in [0.1, 0.15) is 28.0 Å². The molecule has 0 spiro atoms. The van der Waals surface area contributed by atoms with E-state index in [0.29, 0.717) is 55.1 Å². The normalized spacial score (nSPS) is 11.7. The lowest BCUT2D eigenvalue weighted by molar-refractivity contribution is -0.126. The Hall–Kier alpha value is -3.04. The Morgan fingerprint density at radius 3 is 1.77 bits per heavy atom. The molecule has 2 aromatic rings. The highest BCUT2D eigenvalue weighted by molar-refractivity contribution is 6.39. The van der Waals surface area contributed by atoms with Gasteiger partial charge in [-0.25, -0.2) is 4.42 Å². The van der Waals surface area contributed by atoms with Gasteiger partial charge in [0.2, 0.25) is 6.04 Å². The van der Waals surface area contributed by atoms with Crippen LogP contribution in [-0.2, 0) is 9.59 Å². The van der Waals surface area contributed by atoms with Crippen molar-refractivity contribution in [3.63, 3.8) is 0 Å². The highest BCUT2D eigenvalue weighted by atomic mass is 35.5. The largest absolute Gasteiger partial charge is 0.494 e. The number of anilines is 1. The van der Waals surface area contributed by atoms with Crippen molar-refractivity contribution in [3.8, 4) is 23.0 Å². The molecule has 1 atom stereocenters. The fourth-order valence-electron chi connectivity index (χ4n) is 2.97. The molecule has 35 heavy (non-hydrogen) atoms. The van der Waals surface area contributed by atoms with E-state index >= 15 is 0 Å². The SMILES string of the molecule is CCOc1cc(OCC)cc(N(Cl)C(=O)C(N=Nc2cc(OCC)c(Cl)c(OCC)c2)C(C)=O)c1. The number of hydrogen-bond acceptors (Lipinski definition) is 8. The third-order valence-electron chi connectivity index (χ3n) is 4.40. The fraction of sp³-hybridized carbons (Fsp3) is 0.417. The zero-order valence-corrected chi connectivity index (χ0v) is 21.9. The van der Waals surface area contributed by atoms with Gasteiger partial charge in [-0.15, -0.1) is 0 Å². The van der Waals surface area contributed by atoms with Crippen LogP contribution in [0.3, 0.4) is 0 Å². The first-order valence-electron chi connectivity index (χ1n) is 11.2. The highest BCUT2D eigenvalue weighted by Crippen LogP contribution is 2.39. The topological polar surface area (TPSA) is 99.0 Å². The van der Waals surface area contributed by atoms with E-state index in [1.807, 2.05) is 27.7 Å². The van der Waals surface area contributed by atoms with Crippen LogP contribution in [0.1, 0.15) is 34.6 Å². The Bertz CT molecular complexity index is 1010. The molecule has 0 fully saturated rings. The van der Waals surface area contributed by atoms with E-state index in [1.54, 1.807) is 18.2 Å². The van der Waals surface area contributed by atoms with E-state index in [9.17, 15) is 9.59 Å². The molecule has 0 N–H and O–H groups in total. The second kappa shape index (κ2) is 13.7. The van der Waals surface area contributed by atoms with Crippen LogP contribution in [0.25, 0.3) is 0 Å². The molecule has 0 radical (unpaired) electrons. The number of amides is 1. The number of halogens is 2. The van der Waals surface area contributed by atoms with Gasteiger partial charge in [0.15, 0.2) is 5.78 Å². The van der Waals surface area contributed by atoms with Crippen molar-refractivity contribution in [3.05, 3.63) is 35.4 Å². The number of hydrogen-bond donors (Lipinski definition) is 0. The van der Waals surface area contributed by atoms with E-state index < -0.39 is 17.7 Å². The number of azo groups is 1. The van der Waals surface area contributed by atoms with Crippen LogP contribution in [0.15, 0.2) is 40.6 Å². The molecule has 9 nitrogen and oxygen atoms in total. The van der Waals surface area contributed by atoms with Crippen molar-refractivity contribution in [1.82, 2.24) is 0 Å². The minimum Gasteiger partial charge on any atom is -0.494 e. The van der Waals surface area contributed by atoms with Gasteiger partial charge in [-0.05, 0) is 34.6 Å². The van der Waals surface area contributed by atoms with Gasteiger partial charge in [-0.2, -0.15) is 10.2 Å². The summed E-state index contributed by atoms with van der Waals surface area (Å²) in [6, 6.07) is 6.40. The van der Waals surface area contributed by atoms with E-state index in [0.717, 1.165) is 4.42 Å². The molecule has 0 aliphatic carbocycles. The molecule has 2 aromatic carbocycles. The van der Waals surface area contributed by atoms with Gasteiger partial charge in [-0.1, -0.05) is 11.6 Å². The summed E-state index contributed by atoms with van der Waals surface area (Å²) in [7, 11) is 0. The zero-order valence-electron chi connectivity index (χ0n) is 20.3. The molecule has 0 aromatic heterocycles. The molecule has 11 heteroatoms. The first-order chi connectivity index (χ1) is 16.7. The Labute approximate surface area is 215 Å². The molecule has 190 valence electrons. The van der Waals surface area contributed by atoms with Gasteiger partial charge < -0.3 is 18.9 Å². The number of ether oxygens (including phenoxy) is 4. The lowest BCUT2D eigenvalue weighted by Gasteiger charge is -2.19. The predicted octanol–water partition coefficient (Wildman–Crippen LogP) is 6.16. The standard InChI is InChI=1S/C24H29Cl2N3O6/c1-6-32-18-12-17(13-19(14-18)33-7-2)29(26)24(31)23(15(5)30)28-27-16-10-20(34-8-3)22(25)21(11-16)35-9-4/h10-14,23H,6-9H2,1-5H3. The molecule has 0 saturated carbocycles. The van der Waals surface area contributed by atoms with Crippen LogP contribution in [0.4, 0.5) is 11.4 Å². The third kappa shape index (κ3) is 7.73. The maximum atomic E-state index is 13.1. The van der Waals surface area contributed by atoms with Crippen molar-refractivity contribution in [2.75, 3.05) is 30.8 Å². The highest BCUT2D eigenvalue weighted by Gasteiger charge is 2.29. The monoisotopic (exact) mass is 525 g/mol. The van der Waals surface area contributed by atoms with Gasteiger partial charge in [0.25, 0.3) is 5.91 Å². The molecular weight excluding hydrogens is 497 g/mol. The van der Waals surface area contributed by atoms with E-state index in [4.69, 9.17) is 42.3 Å². The van der Waals surface area contributed by atoms with Crippen LogP contribution in [0.2, 0.25) is 5.02 Å². The van der Waals surface area contributed by atoms with Crippen molar-refractivity contribution < 1.29 is 28.5 Å². The van der Waals surface area contributed by atoms with Crippen LogP contribution in [0.5, 0.6) is 23.0 Å². The van der Waals surface area contributed by atoms with E-state index in [1.165, 1.54) is 19.1 Å². The van der Waals surface area contributed by atoms with E-state index in [-0.39, 0.29) is 10.7 Å². The number of carbonyl (C=O) groups excluding carboxylic acids is 2. The van der Waals surface area contributed by atoms with Crippen LogP contribution >= 0.6 is 23.4 Å². The van der Waals surface area contributed by atoms with Crippen molar-refractivity contribution in [2.45, 2.75) is 40.7 Å². The molecular formula is C24H29Cl2N3O6. The number of benzene rings is 2. The maximum absolute atomic E-state index is 13.1. The number of carbonyl (C=O) groups is 2. The van der Waals surface area contributed by atoms with Crippen molar-refractivity contribution in [1.29, 1.82) is 0 Å². The third-order valence-corrected chi connectivity index (χ3v) is 5.14. The second-order valence-corrected chi connectivity index (χ2v) is 7.71. The lowest BCUT2D eigenvalue weighted by atomic mass is 10.2. The van der Waals surface area contributed by atoms with E-state index in [2.05, 4.69) is 10.2 Å². The summed E-state index contributed by atoms with van der Waals surface area (Å²) in [4.78, 5) is 25.4. The number of rotatable bonds is 13. The lowest BCUT2D eigenvalue weighted by Crippen LogP contribution is -2.36. The molecule has 1 amide bonds. The smallest absolute Gasteiger partial charge is 0.276 e. The summed E-state index contributed by atoms with van der Waals surface area (Å²) >= 11 is 12.6. The molecule has 1 unspecified atom stereocenters. The number of ketones is 1. The van der Waals surface area contributed by atoms with Crippen LogP contribution in [-0.4, -0.2) is 44.2 Å². The van der Waals surface area contributed by atoms with Crippen molar-refractivity contribution >= 4 is 46.4 Å². The minimum absolute atomic E-state index is 0.260. The number of Topliss-reactive ketones (excluding diaryl/α,β-unsaturated/α-hetero) is 1. The van der Waals surface area contributed by atoms with Crippen LogP contribution in [0, 0.1) is 0 Å². The summed E-state index contributed by atoms with van der Waals surface area (Å²) in [6.07, 6.45) is 0. The van der Waals surface area contributed by atoms with Crippen LogP contribution < -0.4 is 23.4 Å². The first kappa shape index (κ1) is 28.2. The Balaban J connectivity index is 2.38. The van der Waals surface area contributed by atoms with Gasteiger partial charge >= 0.3 is 0 Å². The zero-order chi connectivity index (χ0) is 26.0. The molecule has 2 rings (SSSR count). The van der Waals surface area contributed by atoms with Gasteiger partial charge in [0, 0.05) is 42.1 Å².